The Morgan fingerprint density at radius 1 is 1.10 bits per heavy atom. The van der Waals surface area contributed by atoms with E-state index in [0.29, 0.717) is 25.1 Å². The van der Waals surface area contributed by atoms with Crippen LogP contribution in [0.2, 0.25) is 0 Å². The van der Waals surface area contributed by atoms with E-state index in [1.807, 2.05) is 57.5 Å². The number of fused-ring (bicyclic) bond motifs is 1. The van der Waals surface area contributed by atoms with Crippen LogP contribution in [-0.2, 0) is 16.1 Å². The minimum absolute atomic E-state index is 0.0812. The smallest absolute Gasteiger partial charge is 0.255 e. The predicted molar refractivity (Wildman–Crippen MR) is 153 cm³/mol. The maximum absolute atomic E-state index is 13.9. The zero-order chi connectivity index (χ0) is 27.8. The first-order chi connectivity index (χ1) is 18.7. The van der Waals surface area contributed by atoms with Crippen molar-refractivity contribution in [3.63, 3.8) is 0 Å². The maximum atomic E-state index is 13.9. The highest BCUT2D eigenvalue weighted by Gasteiger charge is 2.43. The lowest BCUT2D eigenvalue weighted by Gasteiger charge is -2.35. The number of amides is 3. The first-order valence-electron chi connectivity index (χ1n) is 13.7. The third-order valence-electron chi connectivity index (χ3n) is 8.01. The fourth-order valence-electron chi connectivity index (χ4n) is 6.02. The van der Waals surface area contributed by atoms with Crippen LogP contribution in [0, 0.1) is 19.8 Å². The molecule has 39 heavy (non-hydrogen) atoms. The van der Waals surface area contributed by atoms with Crippen LogP contribution in [0.1, 0.15) is 72.4 Å². The number of aryl methyl sites for hydroxylation is 2. The van der Waals surface area contributed by atoms with Crippen molar-refractivity contribution in [3.8, 4) is 10.4 Å². The van der Waals surface area contributed by atoms with E-state index in [-0.39, 0.29) is 29.7 Å². The Balaban J connectivity index is 1.30. The highest BCUT2D eigenvalue weighted by molar-refractivity contribution is 7.13. The van der Waals surface area contributed by atoms with Crippen LogP contribution in [-0.4, -0.2) is 51.1 Å². The Kier molecular flexibility index (Phi) is 7.58. The van der Waals surface area contributed by atoms with Crippen molar-refractivity contribution in [3.05, 3.63) is 75.9 Å². The number of benzene rings is 2. The average Bonchev–Trinajstić information content (AvgIpc) is 3.63. The van der Waals surface area contributed by atoms with Gasteiger partial charge in [0.25, 0.3) is 5.91 Å². The monoisotopic (exact) mass is 544 g/mol. The second-order valence-corrected chi connectivity index (χ2v) is 11.9. The molecule has 1 saturated heterocycles. The van der Waals surface area contributed by atoms with E-state index in [1.54, 1.807) is 21.1 Å². The summed E-state index contributed by atoms with van der Waals surface area (Å²) < 4.78 is 0. The molecule has 3 aromatic rings. The molecule has 0 spiro atoms. The van der Waals surface area contributed by atoms with Crippen molar-refractivity contribution >= 4 is 29.1 Å². The van der Waals surface area contributed by atoms with Crippen molar-refractivity contribution in [2.24, 2.45) is 5.92 Å². The summed E-state index contributed by atoms with van der Waals surface area (Å²) in [5, 5.41) is 3.17. The molecule has 7 nitrogen and oxygen atoms in total. The van der Waals surface area contributed by atoms with Gasteiger partial charge in [0.1, 0.15) is 12.1 Å². The molecule has 1 N–H and O–H groups in total. The SMILES string of the molecule is Cc1cc(-c2scnc2C)ccc1[C@H](C)NC(=O)C1CCCN1C(=O)[C@H](C(C)C)N1Cc2ccccc2C1=O. The van der Waals surface area contributed by atoms with Crippen molar-refractivity contribution < 1.29 is 14.4 Å². The van der Waals surface area contributed by atoms with Gasteiger partial charge in [-0.1, -0.05) is 50.2 Å². The lowest BCUT2D eigenvalue weighted by atomic mass is 9.98. The first kappa shape index (κ1) is 27.1. The molecule has 1 unspecified atom stereocenters. The molecule has 1 fully saturated rings. The van der Waals surface area contributed by atoms with Crippen molar-refractivity contribution in [2.45, 2.75) is 72.1 Å². The summed E-state index contributed by atoms with van der Waals surface area (Å²) in [6.45, 7) is 10.9. The van der Waals surface area contributed by atoms with Gasteiger partial charge >= 0.3 is 0 Å². The molecular weight excluding hydrogens is 508 g/mol. The Morgan fingerprint density at radius 2 is 1.87 bits per heavy atom. The topological polar surface area (TPSA) is 82.6 Å². The van der Waals surface area contributed by atoms with Gasteiger partial charge in [0.15, 0.2) is 0 Å². The molecule has 0 aliphatic carbocycles. The van der Waals surface area contributed by atoms with Crippen molar-refractivity contribution in [2.75, 3.05) is 6.54 Å². The number of likely N-dealkylation sites (tertiary alicyclic amines) is 1. The van der Waals surface area contributed by atoms with Gasteiger partial charge < -0.3 is 15.1 Å². The Bertz CT molecular complexity index is 1410. The van der Waals surface area contributed by atoms with E-state index in [4.69, 9.17) is 0 Å². The number of nitrogens with one attached hydrogen (secondary N) is 1. The van der Waals surface area contributed by atoms with Crippen LogP contribution in [0.3, 0.4) is 0 Å². The van der Waals surface area contributed by atoms with Crippen LogP contribution in [0.15, 0.2) is 48.0 Å². The minimum atomic E-state index is -0.610. The Hall–Kier alpha value is -3.52. The lowest BCUT2D eigenvalue weighted by molar-refractivity contribution is -0.143. The molecule has 1 aromatic heterocycles. The van der Waals surface area contributed by atoms with Crippen LogP contribution in [0.4, 0.5) is 0 Å². The molecule has 5 rings (SSSR count). The van der Waals surface area contributed by atoms with Gasteiger partial charge in [0.05, 0.1) is 22.1 Å². The quantitative estimate of drug-likeness (QED) is 0.439. The van der Waals surface area contributed by atoms with E-state index >= 15 is 0 Å². The van der Waals surface area contributed by atoms with Gasteiger partial charge in [0, 0.05) is 18.7 Å². The molecule has 2 aliphatic heterocycles. The summed E-state index contributed by atoms with van der Waals surface area (Å²) in [4.78, 5) is 49.5. The molecular formula is C31H36N4O3S. The fourth-order valence-corrected chi connectivity index (χ4v) is 6.82. The summed E-state index contributed by atoms with van der Waals surface area (Å²) in [6.07, 6.45) is 1.38. The molecule has 0 saturated carbocycles. The van der Waals surface area contributed by atoms with Crippen molar-refractivity contribution in [1.29, 1.82) is 0 Å². The minimum Gasteiger partial charge on any atom is -0.348 e. The second kappa shape index (κ2) is 10.9. The highest BCUT2D eigenvalue weighted by Crippen LogP contribution is 2.32. The standard InChI is InChI=1S/C31H36N4O3S/c1-18(2)27(35-16-23-9-6-7-10-25(23)30(35)37)31(38)34-14-8-11-26(34)29(36)33-20(4)24-13-12-22(15-19(24)3)28-21(5)32-17-39-28/h6-7,9-10,12-13,15,17-18,20,26-27H,8,11,14,16H2,1-5H3,(H,33,36)/t20-,26?,27-/m0/s1. The normalized spacial score (nSPS) is 18.4. The third kappa shape index (κ3) is 5.10. The molecule has 204 valence electrons. The molecule has 8 heteroatoms. The number of hydrogen-bond donors (Lipinski definition) is 1. The second-order valence-electron chi connectivity index (χ2n) is 11.0. The maximum Gasteiger partial charge on any atom is 0.255 e. The van der Waals surface area contributed by atoms with E-state index in [1.165, 1.54) is 0 Å². The summed E-state index contributed by atoms with van der Waals surface area (Å²) in [7, 11) is 0. The van der Waals surface area contributed by atoms with Crippen LogP contribution >= 0.6 is 11.3 Å². The van der Waals surface area contributed by atoms with E-state index in [2.05, 4.69) is 35.4 Å². The van der Waals surface area contributed by atoms with Crippen LogP contribution < -0.4 is 5.32 Å². The number of nitrogens with zero attached hydrogens (tertiary/aromatic N) is 3. The summed E-state index contributed by atoms with van der Waals surface area (Å²) in [6, 6.07) is 12.5. The molecule has 0 bridgehead atoms. The number of carbonyl (C=O) groups excluding carboxylic acids is 3. The van der Waals surface area contributed by atoms with Gasteiger partial charge in [-0.25, -0.2) is 4.98 Å². The summed E-state index contributed by atoms with van der Waals surface area (Å²) in [5.41, 5.74) is 7.74. The summed E-state index contributed by atoms with van der Waals surface area (Å²) in [5.74, 6) is -0.480. The largest absolute Gasteiger partial charge is 0.348 e. The summed E-state index contributed by atoms with van der Waals surface area (Å²) >= 11 is 1.62. The molecule has 3 amide bonds. The third-order valence-corrected chi connectivity index (χ3v) is 8.99. The van der Waals surface area contributed by atoms with E-state index in [0.717, 1.165) is 39.2 Å². The number of hydrogen-bond acceptors (Lipinski definition) is 5. The average molecular weight is 545 g/mol. The molecule has 3 atom stereocenters. The molecule has 2 aromatic carbocycles. The van der Waals surface area contributed by atoms with Gasteiger partial charge in [-0.2, -0.15) is 0 Å². The van der Waals surface area contributed by atoms with E-state index in [9.17, 15) is 14.4 Å². The number of aromatic nitrogens is 1. The predicted octanol–water partition coefficient (Wildman–Crippen LogP) is 5.28. The molecule has 2 aliphatic rings. The zero-order valence-corrected chi connectivity index (χ0v) is 24.0. The first-order valence-corrected chi connectivity index (χ1v) is 14.6. The Labute approximate surface area is 234 Å². The van der Waals surface area contributed by atoms with Gasteiger partial charge in [-0.05, 0) is 67.9 Å². The molecule has 0 radical (unpaired) electrons. The van der Waals surface area contributed by atoms with Crippen LogP contribution in [0.5, 0.6) is 0 Å². The van der Waals surface area contributed by atoms with Gasteiger partial charge in [0.2, 0.25) is 11.8 Å². The van der Waals surface area contributed by atoms with Gasteiger partial charge in [-0.15, -0.1) is 11.3 Å². The van der Waals surface area contributed by atoms with Crippen LogP contribution in [0.25, 0.3) is 10.4 Å². The Morgan fingerprint density at radius 3 is 2.54 bits per heavy atom. The molecule has 3 heterocycles. The fraction of sp³-hybridized carbons (Fsp3) is 0.419. The lowest BCUT2D eigenvalue weighted by Crippen LogP contribution is -2.55. The van der Waals surface area contributed by atoms with E-state index < -0.39 is 12.1 Å². The number of thiazole rings is 1. The zero-order valence-electron chi connectivity index (χ0n) is 23.2. The van der Waals surface area contributed by atoms with Crippen molar-refractivity contribution in [1.82, 2.24) is 20.1 Å². The number of carbonyl (C=O) groups is 3. The van der Waals surface area contributed by atoms with Gasteiger partial charge in [-0.3, -0.25) is 14.4 Å². The number of rotatable bonds is 7. The highest BCUT2D eigenvalue weighted by atomic mass is 32.1.